The maximum absolute atomic E-state index is 10.2. The Labute approximate surface area is 127 Å². The lowest BCUT2D eigenvalue weighted by Crippen LogP contribution is -2.12. The van der Waals surface area contributed by atoms with Crippen molar-refractivity contribution in [1.82, 2.24) is 0 Å². The largest absolute Gasteiger partial charge is 0.497 e. The SMILES string of the molecule is COc1cccc(C(O)CNc2ccc(C)cc2Br)c1. The van der Waals surface area contributed by atoms with Crippen molar-refractivity contribution < 1.29 is 9.84 Å². The molecule has 0 fully saturated rings. The minimum Gasteiger partial charge on any atom is -0.497 e. The number of aryl methyl sites for hydroxylation is 1. The lowest BCUT2D eigenvalue weighted by atomic mass is 10.1. The van der Waals surface area contributed by atoms with Crippen LogP contribution < -0.4 is 10.1 Å². The molecule has 2 aromatic rings. The summed E-state index contributed by atoms with van der Waals surface area (Å²) in [6.07, 6.45) is -0.585. The number of anilines is 1. The van der Waals surface area contributed by atoms with Crippen LogP contribution in [-0.2, 0) is 0 Å². The molecule has 4 heteroatoms. The molecule has 106 valence electrons. The zero-order valence-electron chi connectivity index (χ0n) is 11.6. The Morgan fingerprint density at radius 3 is 2.75 bits per heavy atom. The molecule has 0 aliphatic carbocycles. The summed E-state index contributed by atoms with van der Waals surface area (Å²) < 4.78 is 6.16. The van der Waals surface area contributed by atoms with Gasteiger partial charge in [-0.2, -0.15) is 0 Å². The van der Waals surface area contributed by atoms with Crippen LogP contribution in [0.15, 0.2) is 46.9 Å². The van der Waals surface area contributed by atoms with Crippen LogP contribution in [0.4, 0.5) is 5.69 Å². The van der Waals surface area contributed by atoms with Gasteiger partial charge < -0.3 is 15.2 Å². The van der Waals surface area contributed by atoms with Crippen molar-refractivity contribution >= 4 is 21.6 Å². The molecule has 2 aromatic carbocycles. The van der Waals surface area contributed by atoms with Gasteiger partial charge in [-0.05, 0) is 58.2 Å². The predicted molar refractivity (Wildman–Crippen MR) is 85.3 cm³/mol. The highest BCUT2D eigenvalue weighted by Crippen LogP contribution is 2.25. The summed E-state index contributed by atoms with van der Waals surface area (Å²) in [6, 6.07) is 13.5. The molecule has 0 aromatic heterocycles. The van der Waals surface area contributed by atoms with Crippen molar-refractivity contribution in [1.29, 1.82) is 0 Å². The van der Waals surface area contributed by atoms with Crippen LogP contribution >= 0.6 is 15.9 Å². The van der Waals surface area contributed by atoms with E-state index in [2.05, 4.69) is 21.2 Å². The smallest absolute Gasteiger partial charge is 0.119 e. The summed E-state index contributed by atoms with van der Waals surface area (Å²) in [6.45, 7) is 2.48. The van der Waals surface area contributed by atoms with E-state index >= 15 is 0 Å². The van der Waals surface area contributed by atoms with Crippen molar-refractivity contribution in [2.75, 3.05) is 19.0 Å². The van der Waals surface area contributed by atoms with E-state index in [1.54, 1.807) is 7.11 Å². The zero-order chi connectivity index (χ0) is 14.5. The number of benzene rings is 2. The van der Waals surface area contributed by atoms with E-state index in [4.69, 9.17) is 4.74 Å². The first kappa shape index (κ1) is 14.9. The van der Waals surface area contributed by atoms with Crippen molar-refractivity contribution in [3.8, 4) is 5.75 Å². The van der Waals surface area contributed by atoms with Crippen LogP contribution in [0.2, 0.25) is 0 Å². The number of ether oxygens (including phenoxy) is 1. The highest BCUT2D eigenvalue weighted by molar-refractivity contribution is 9.10. The maximum Gasteiger partial charge on any atom is 0.119 e. The predicted octanol–water partition coefficient (Wildman–Crippen LogP) is 3.91. The Kier molecular flexibility index (Phi) is 5.04. The number of rotatable bonds is 5. The second-order valence-electron chi connectivity index (χ2n) is 4.66. The number of nitrogens with one attached hydrogen (secondary N) is 1. The molecule has 0 radical (unpaired) electrons. The Hall–Kier alpha value is -1.52. The van der Waals surface area contributed by atoms with Crippen molar-refractivity contribution in [3.63, 3.8) is 0 Å². The lowest BCUT2D eigenvalue weighted by Gasteiger charge is -2.15. The van der Waals surface area contributed by atoms with E-state index in [0.29, 0.717) is 6.54 Å². The molecule has 1 unspecified atom stereocenters. The third-order valence-electron chi connectivity index (χ3n) is 3.09. The van der Waals surface area contributed by atoms with Gasteiger partial charge in [0.25, 0.3) is 0 Å². The minimum absolute atomic E-state index is 0.439. The summed E-state index contributed by atoms with van der Waals surface area (Å²) in [5, 5.41) is 13.5. The van der Waals surface area contributed by atoms with Gasteiger partial charge in [0.1, 0.15) is 5.75 Å². The van der Waals surface area contributed by atoms with Gasteiger partial charge in [-0.15, -0.1) is 0 Å². The standard InChI is InChI=1S/C16H18BrNO2/c1-11-6-7-15(14(17)8-11)18-10-16(19)12-4-3-5-13(9-12)20-2/h3-9,16,18-19H,10H2,1-2H3. The van der Waals surface area contributed by atoms with Gasteiger partial charge in [-0.25, -0.2) is 0 Å². The molecular weight excluding hydrogens is 318 g/mol. The summed E-state index contributed by atoms with van der Waals surface area (Å²) in [5.74, 6) is 0.748. The molecule has 20 heavy (non-hydrogen) atoms. The van der Waals surface area contributed by atoms with Crippen LogP contribution in [-0.4, -0.2) is 18.8 Å². The van der Waals surface area contributed by atoms with Crippen molar-refractivity contribution in [3.05, 3.63) is 58.1 Å². The molecule has 3 nitrogen and oxygen atoms in total. The van der Waals surface area contributed by atoms with Crippen LogP contribution in [0.25, 0.3) is 0 Å². The normalized spacial score (nSPS) is 12.0. The Morgan fingerprint density at radius 1 is 1.25 bits per heavy atom. The van der Waals surface area contributed by atoms with Crippen molar-refractivity contribution in [2.45, 2.75) is 13.0 Å². The van der Waals surface area contributed by atoms with E-state index in [-0.39, 0.29) is 0 Å². The molecule has 0 saturated carbocycles. The van der Waals surface area contributed by atoms with Crippen LogP contribution in [0.3, 0.4) is 0 Å². The Balaban J connectivity index is 2.02. The Morgan fingerprint density at radius 2 is 2.05 bits per heavy atom. The van der Waals surface area contributed by atoms with Gasteiger partial charge in [0.15, 0.2) is 0 Å². The number of hydrogen-bond donors (Lipinski definition) is 2. The quantitative estimate of drug-likeness (QED) is 0.870. The third kappa shape index (κ3) is 3.74. The summed E-state index contributed by atoms with van der Waals surface area (Å²) in [7, 11) is 1.62. The van der Waals surface area contributed by atoms with Crippen molar-refractivity contribution in [2.24, 2.45) is 0 Å². The third-order valence-corrected chi connectivity index (χ3v) is 3.75. The molecule has 0 bridgehead atoms. The van der Waals surface area contributed by atoms with Gasteiger partial charge in [0.2, 0.25) is 0 Å². The fourth-order valence-corrected chi connectivity index (χ4v) is 2.57. The molecule has 0 heterocycles. The fraction of sp³-hybridized carbons (Fsp3) is 0.250. The summed E-state index contributed by atoms with van der Waals surface area (Å²) in [5.41, 5.74) is 2.99. The molecule has 0 amide bonds. The molecule has 2 N–H and O–H groups in total. The monoisotopic (exact) mass is 335 g/mol. The highest BCUT2D eigenvalue weighted by Gasteiger charge is 2.09. The molecule has 0 aliphatic rings. The lowest BCUT2D eigenvalue weighted by molar-refractivity contribution is 0.191. The topological polar surface area (TPSA) is 41.5 Å². The molecule has 0 saturated heterocycles. The van der Waals surface area contributed by atoms with E-state index in [1.165, 1.54) is 5.56 Å². The number of hydrogen-bond acceptors (Lipinski definition) is 3. The molecule has 0 aliphatic heterocycles. The maximum atomic E-state index is 10.2. The molecule has 1 atom stereocenters. The first-order valence-electron chi connectivity index (χ1n) is 6.42. The number of halogens is 1. The number of aliphatic hydroxyl groups is 1. The van der Waals surface area contributed by atoms with E-state index in [0.717, 1.165) is 21.5 Å². The van der Waals surface area contributed by atoms with Gasteiger partial charge in [0, 0.05) is 16.7 Å². The number of aliphatic hydroxyl groups excluding tert-OH is 1. The molecular formula is C16H18BrNO2. The zero-order valence-corrected chi connectivity index (χ0v) is 13.1. The van der Waals surface area contributed by atoms with Crippen LogP contribution in [0.1, 0.15) is 17.2 Å². The second kappa shape index (κ2) is 6.77. The van der Waals surface area contributed by atoms with Gasteiger partial charge in [-0.3, -0.25) is 0 Å². The van der Waals surface area contributed by atoms with Crippen LogP contribution in [0, 0.1) is 6.92 Å². The van der Waals surface area contributed by atoms with Gasteiger partial charge >= 0.3 is 0 Å². The number of methoxy groups -OCH3 is 1. The van der Waals surface area contributed by atoms with E-state index < -0.39 is 6.10 Å². The summed E-state index contributed by atoms with van der Waals surface area (Å²) in [4.78, 5) is 0. The first-order chi connectivity index (χ1) is 9.60. The van der Waals surface area contributed by atoms with E-state index in [1.807, 2.05) is 49.4 Å². The fourth-order valence-electron chi connectivity index (χ4n) is 1.94. The molecule has 2 rings (SSSR count). The van der Waals surface area contributed by atoms with E-state index in [9.17, 15) is 5.11 Å². The molecule has 0 spiro atoms. The van der Waals surface area contributed by atoms with Gasteiger partial charge in [0.05, 0.1) is 13.2 Å². The van der Waals surface area contributed by atoms with Gasteiger partial charge in [-0.1, -0.05) is 18.2 Å². The summed E-state index contributed by atoms with van der Waals surface area (Å²) >= 11 is 3.51. The minimum atomic E-state index is -0.585. The average molecular weight is 336 g/mol. The average Bonchev–Trinajstić information content (AvgIpc) is 2.46. The van der Waals surface area contributed by atoms with Crippen LogP contribution in [0.5, 0.6) is 5.75 Å². The first-order valence-corrected chi connectivity index (χ1v) is 7.21. The Bertz CT molecular complexity index is 586. The second-order valence-corrected chi connectivity index (χ2v) is 5.51. The highest BCUT2D eigenvalue weighted by atomic mass is 79.9.